The van der Waals surface area contributed by atoms with Crippen LogP contribution in [-0.2, 0) is 0 Å². The molecule has 106 valence electrons. The van der Waals surface area contributed by atoms with Gasteiger partial charge in [-0.15, -0.1) is 11.3 Å². The van der Waals surface area contributed by atoms with Crippen LogP contribution in [0.25, 0.3) is 10.9 Å². The van der Waals surface area contributed by atoms with Gasteiger partial charge in [0.15, 0.2) is 0 Å². The van der Waals surface area contributed by atoms with E-state index >= 15 is 0 Å². The number of pyridine rings is 1. The predicted octanol–water partition coefficient (Wildman–Crippen LogP) is 3.37. The normalized spacial score (nSPS) is 12.2. The van der Waals surface area contributed by atoms with Gasteiger partial charge in [-0.2, -0.15) is 0 Å². The molecule has 2 aromatic heterocycles. The molecule has 0 aliphatic rings. The molecule has 2 heterocycles. The largest absolute Gasteiger partial charge is 0.398 e. The second-order valence-corrected chi connectivity index (χ2v) is 5.80. The molecule has 0 saturated heterocycles. The molecule has 0 fully saturated rings. The molecule has 1 atom stereocenters. The quantitative estimate of drug-likeness (QED) is 0.779. The van der Waals surface area contributed by atoms with Gasteiger partial charge in [-0.3, -0.25) is 4.79 Å². The smallest absolute Gasteiger partial charge is 0.270 e. The number of para-hydroxylation sites is 1. The molecule has 3 N–H and O–H groups in total. The van der Waals surface area contributed by atoms with Crippen molar-refractivity contribution in [1.82, 2.24) is 10.3 Å². The van der Waals surface area contributed by atoms with Crippen molar-refractivity contribution in [2.45, 2.75) is 13.0 Å². The average molecular weight is 297 g/mol. The Morgan fingerprint density at radius 3 is 2.86 bits per heavy atom. The van der Waals surface area contributed by atoms with Gasteiger partial charge in [0.1, 0.15) is 5.69 Å². The maximum atomic E-state index is 12.3. The van der Waals surface area contributed by atoms with Gasteiger partial charge in [-0.25, -0.2) is 4.98 Å². The molecule has 3 rings (SSSR count). The first kappa shape index (κ1) is 13.6. The van der Waals surface area contributed by atoms with Crippen LogP contribution in [0.5, 0.6) is 0 Å². The number of carbonyl (C=O) groups excluding carboxylic acids is 1. The van der Waals surface area contributed by atoms with E-state index in [1.807, 2.05) is 48.7 Å². The highest BCUT2D eigenvalue weighted by Crippen LogP contribution is 2.22. The van der Waals surface area contributed by atoms with E-state index in [0.29, 0.717) is 11.4 Å². The lowest BCUT2D eigenvalue weighted by Crippen LogP contribution is -2.27. The highest BCUT2D eigenvalue weighted by molar-refractivity contribution is 7.10. The highest BCUT2D eigenvalue weighted by Gasteiger charge is 2.14. The Balaban J connectivity index is 1.88. The van der Waals surface area contributed by atoms with E-state index in [9.17, 15) is 4.79 Å². The van der Waals surface area contributed by atoms with E-state index in [1.165, 1.54) is 0 Å². The fraction of sp³-hybridized carbons (Fsp3) is 0.125. The Hall–Kier alpha value is -2.40. The summed E-state index contributed by atoms with van der Waals surface area (Å²) >= 11 is 1.61. The number of amides is 1. The molecule has 4 nitrogen and oxygen atoms in total. The summed E-state index contributed by atoms with van der Waals surface area (Å²) in [4.78, 5) is 17.8. The van der Waals surface area contributed by atoms with Gasteiger partial charge in [-0.05, 0) is 30.5 Å². The monoisotopic (exact) mass is 297 g/mol. The summed E-state index contributed by atoms with van der Waals surface area (Å²) < 4.78 is 0. The van der Waals surface area contributed by atoms with E-state index in [4.69, 9.17) is 5.73 Å². The zero-order chi connectivity index (χ0) is 14.8. The van der Waals surface area contributed by atoms with Gasteiger partial charge in [0.2, 0.25) is 0 Å². The van der Waals surface area contributed by atoms with Gasteiger partial charge in [0.25, 0.3) is 5.91 Å². The molecule has 1 amide bonds. The molecule has 0 saturated carbocycles. The van der Waals surface area contributed by atoms with Crippen LogP contribution < -0.4 is 11.1 Å². The predicted molar refractivity (Wildman–Crippen MR) is 86.4 cm³/mol. The molecular formula is C16H15N3OS. The molecular weight excluding hydrogens is 282 g/mol. The Labute approximate surface area is 126 Å². The van der Waals surface area contributed by atoms with E-state index < -0.39 is 0 Å². The van der Waals surface area contributed by atoms with Crippen molar-refractivity contribution < 1.29 is 4.79 Å². The van der Waals surface area contributed by atoms with Gasteiger partial charge in [0, 0.05) is 16.0 Å². The Kier molecular flexibility index (Phi) is 3.58. The van der Waals surface area contributed by atoms with Crippen molar-refractivity contribution in [1.29, 1.82) is 0 Å². The Bertz CT molecular complexity index is 783. The number of anilines is 1. The number of hydrogen-bond donors (Lipinski definition) is 2. The van der Waals surface area contributed by atoms with Crippen LogP contribution in [0.4, 0.5) is 5.69 Å². The minimum atomic E-state index is -0.214. The number of rotatable bonds is 3. The molecule has 0 unspecified atom stereocenters. The minimum absolute atomic E-state index is 0.0491. The topological polar surface area (TPSA) is 68.0 Å². The molecule has 1 aromatic carbocycles. The third-order valence-corrected chi connectivity index (χ3v) is 4.35. The van der Waals surface area contributed by atoms with E-state index in [1.54, 1.807) is 17.4 Å². The van der Waals surface area contributed by atoms with Crippen molar-refractivity contribution in [2.75, 3.05) is 5.73 Å². The van der Waals surface area contributed by atoms with E-state index in [-0.39, 0.29) is 11.9 Å². The number of thiophene rings is 1. The molecule has 0 aliphatic heterocycles. The summed E-state index contributed by atoms with van der Waals surface area (Å²) in [6.07, 6.45) is 0. The van der Waals surface area contributed by atoms with Crippen molar-refractivity contribution >= 4 is 33.8 Å². The van der Waals surface area contributed by atoms with Gasteiger partial charge < -0.3 is 11.1 Å². The molecule has 0 spiro atoms. The second-order valence-electron chi connectivity index (χ2n) is 4.82. The maximum absolute atomic E-state index is 12.3. The lowest BCUT2D eigenvalue weighted by Gasteiger charge is -2.12. The molecule has 0 radical (unpaired) electrons. The summed E-state index contributed by atoms with van der Waals surface area (Å²) in [6.45, 7) is 1.95. The minimum Gasteiger partial charge on any atom is -0.398 e. The number of hydrogen-bond acceptors (Lipinski definition) is 4. The average Bonchev–Trinajstić information content (AvgIpc) is 3.01. The Morgan fingerprint density at radius 1 is 1.29 bits per heavy atom. The van der Waals surface area contributed by atoms with Crippen LogP contribution in [0.1, 0.15) is 28.3 Å². The van der Waals surface area contributed by atoms with Gasteiger partial charge in [-0.1, -0.05) is 24.3 Å². The van der Waals surface area contributed by atoms with Crippen LogP contribution >= 0.6 is 11.3 Å². The number of nitrogen functional groups attached to an aromatic ring is 1. The van der Waals surface area contributed by atoms with Crippen molar-refractivity contribution in [2.24, 2.45) is 0 Å². The SMILES string of the molecule is C[C@H](NC(=O)c1cc(N)c2ccccc2n1)c1cccs1. The first-order chi connectivity index (χ1) is 10.1. The molecule has 0 bridgehead atoms. The molecule has 0 aliphatic carbocycles. The van der Waals surface area contributed by atoms with Crippen LogP contribution in [0.2, 0.25) is 0 Å². The van der Waals surface area contributed by atoms with E-state index in [0.717, 1.165) is 15.8 Å². The number of aromatic nitrogens is 1. The maximum Gasteiger partial charge on any atom is 0.270 e. The third-order valence-electron chi connectivity index (χ3n) is 3.30. The first-order valence-electron chi connectivity index (χ1n) is 6.64. The fourth-order valence-corrected chi connectivity index (χ4v) is 2.93. The van der Waals surface area contributed by atoms with Gasteiger partial charge >= 0.3 is 0 Å². The summed E-state index contributed by atoms with van der Waals surface area (Å²) in [5, 5.41) is 5.80. The number of nitrogens with zero attached hydrogens (tertiary/aromatic N) is 1. The van der Waals surface area contributed by atoms with Crippen molar-refractivity contribution in [3.8, 4) is 0 Å². The standard InChI is InChI=1S/C16H15N3OS/c1-10(15-7-4-8-21-15)18-16(20)14-9-12(17)11-5-2-3-6-13(11)19-14/h2-10H,1H3,(H2,17,19)(H,18,20)/t10-/m0/s1. The fourth-order valence-electron chi connectivity index (χ4n) is 2.20. The van der Waals surface area contributed by atoms with Crippen LogP contribution in [0.3, 0.4) is 0 Å². The Morgan fingerprint density at radius 2 is 2.10 bits per heavy atom. The van der Waals surface area contributed by atoms with Crippen LogP contribution in [-0.4, -0.2) is 10.9 Å². The first-order valence-corrected chi connectivity index (χ1v) is 7.52. The van der Waals surface area contributed by atoms with Gasteiger partial charge in [0.05, 0.1) is 11.6 Å². The lowest BCUT2D eigenvalue weighted by molar-refractivity contribution is 0.0936. The number of fused-ring (bicyclic) bond motifs is 1. The molecule has 21 heavy (non-hydrogen) atoms. The molecule has 3 aromatic rings. The summed E-state index contributed by atoms with van der Waals surface area (Å²) in [6, 6.07) is 13.1. The van der Waals surface area contributed by atoms with Crippen LogP contribution in [0, 0.1) is 0 Å². The summed E-state index contributed by atoms with van der Waals surface area (Å²) in [5.74, 6) is -0.214. The molecule has 5 heteroatoms. The third kappa shape index (κ3) is 2.73. The lowest BCUT2D eigenvalue weighted by atomic mass is 10.1. The zero-order valence-corrected chi connectivity index (χ0v) is 12.4. The second kappa shape index (κ2) is 5.54. The van der Waals surface area contributed by atoms with Crippen molar-refractivity contribution in [3.05, 3.63) is 58.4 Å². The number of nitrogens with one attached hydrogen (secondary N) is 1. The summed E-state index contributed by atoms with van der Waals surface area (Å²) in [5.41, 5.74) is 7.64. The van der Waals surface area contributed by atoms with Crippen molar-refractivity contribution in [3.63, 3.8) is 0 Å². The number of benzene rings is 1. The summed E-state index contributed by atoms with van der Waals surface area (Å²) in [7, 11) is 0. The number of carbonyl (C=O) groups is 1. The van der Waals surface area contributed by atoms with E-state index in [2.05, 4.69) is 10.3 Å². The number of nitrogens with two attached hydrogens (primary N) is 1. The van der Waals surface area contributed by atoms with Crippen LogP contribution in [0.15, 0.2) is 47.8 Å². The highest BCUT2D eigenvalue weighted by atomic mass is 32.1. The zero-order valence-electron chi connectivity index (χ0n) is 11.5.